The molecule has 1 amide bonds. The second kappa shape index (κ2) is 6.84. The third kappa shape index (κ3) is 3.51. The van der Waals surface area contributed by atoms with Gasteiger partial charge in [-0.05, 0) is 49.6 Å². The largest absolute Gasteiger partial charge is 0.396 e. The second-order valence-corrected chi connectivity index (χ2v) is 7.12. The van der Waals surface area contributed by atoms with Crippen LogP contribution >= 0.6 is 0 Å². The van der Waals surface area contributed by atoms with Crippen LogP contribution in [0.4, 0.5) is 5.82 Å². The monoisotopic (exact) mass is 339 g/mol. The van der Waals surface area contributed by atoms with Crippen LogP contribution in [0.3, 0.4) is 0 Å². The number of aromatic nitrogens is 1. The molecule has 2 aromatic rings. The smallest absolute Gasteiger partial charge is 0.253 e. The fourth-order valence-electron chi connectivity index (χ4n) is 3.52. The molecule has 1 saturated carbocycles. The van der Waals surface area contributed by atoms with E-state index in [1.54, 1.807) is 18.0 Å². The number of amides is 1. The van der Waals surface area contributed by atoms with Gasteiger partial charge < -0.3 is 15.7 Å². The number of aliphatic hydroxyl groups excluding tert-OH is 1. The fraction of sp³-hybridized carbons (Fsp3) is 0.400. The quantitative estimate of drug-likeness (QED) is 0.878. The number of nitrogens with two attached hydrogens (primary N) is 1. The molecule has 25 heavy (non-hydrogen) atoms. The van der Waals surface area contributed by atoms with Crippen LogP contribution in [0.15, 0.2) is 36.4 Å². The Bertz CT molecular complexity index is 762. The van der Waals surface area contributed by atoms with Crippen LogP contribution in [0.2, 0.25) is 0 Å². The molecule has 0 saturated heterocycles. The summed E-state index contributed by atoms with van der Waals surface area (Å²) in [4.78, 5) is 18.7. The summed E-state index contributed by atoms with van der Waals surface area (Å²) >= 11 is 0. The first-order chi connectivity index (χ1) is 11.9. The number of nitrogen functional groups attached to an aromatic ring is 1. The molecule has 132 valence electrons. The van der Waals surface area contributed by atoms with Crippen molar-refractivity contribution in [2.24, 2.45) is 5.41 Å². The van der Waals surface area contributed by atoms with E-state index in [-0.39, 0.29) is 17.9 Å². The Hall–Kier alpha value is -2.40. The maximum absolute atomic E-state index is 12.7. The van der Waals surface area contributed by atoms with Crippen LogP contribution in [0.1, 0.15) is 35.3 Å². The van der Waals surface area contributed by atoms with Crippen molar-refractivity contribution in [1.29, 1.82) is 0 Å². The van der Waals surface area contributed by atoms with Crippen molar-refractivity contribution in [1.82, 2.24) is 9.88 Å². The van der Waals surface area contributed by atoms with Gasteiger partial charge in [-0.1, -0.05) is 18.6 Å². The molecule has 1 aliphatic carbocycles. The van der Waals surface area contributed by atoms with Crippen LogP contribution in [-0.4, -0.2) is 41.1 Å². The minimum atomic E-state index is -0.100. The van der Waals surface area contributed by atoms with Gasteiger partial charge in [0.2, 0.25) is 0 Å². The molecule has 0 unspecified atom stereocenters. The predicted molar refractivity (Wildman–Crippen MR) is 99.2 cm³/mol. The number of hydrogen-bond donors (Lipinski definition) is 2. The number of carbonyl (C=O) groups excluding carboxylic acids is 1. The summed E-state index contributed by atoms with van der Waals surface area (Å²) in [5, 5.41) is 9.59. The zero-order chi connectivity index (χ0) is 18.0. The lowest BCUT2D eigenvalue weighted by Crippen LogP contribution is -2.45. The van der Waals surface area contributed by atoms with Crippen LogP contribution in [0, 0.1) is 12.3 Å². The molecule has 1 aromatic heterocycles. The standard InChI is InChI=1S/C20H25N3O2/c1-14-17(8-9-18(21)22-14)15-4-6-16(7-5-15)19(25)23(2)12-20(13-24)10-3-11-20/h4-9,24H,3,10-13H2,1-2H3,(H2,21,22). The average Bonchev–Trinajstić information content (AvgIpc) is 2.57. The summed E-state index contributed by atoms with van der Waals surface area (Å²) in [6.45, 7) is 2.67. The average molecular weight is 339 g/mol. The lowest BCUT2D eigenvalue weighted by atomic mass is 9.69. The van der Waals surface area contributed by atoms with E-state index >= 15 is 0 Å². The summed E-state index contributed by atoms with van der Waals surface area (Å²) in [6, 6.07) is 11.3. The third-order valence-corrected chi connectivity index (χ3v) is 5.22. The van der Waals surface area contributed by atoms with Crippen molar-refractivity contribution in [3.8, 4) is 11.1 Å². The number of nitrogens with zero attached hydrogens (tertiary/aromatic N) is 2. The number of hydrogen-bond acceptors (Lipinski definition) is 4. The number of carbonyl (C=O) groups is 1. The highest BCUT2D eigenvalue weighted by Crippen LogP contribution is 2.41. The number of anilines is 1. The van der Waals surface area contributed by atoms with Gasteiger partial charge in [0.05, 0.1) is 6.61 Å². The minimum Gasteiger partial charge on any atom is -0.396 e. The maximum Gasteiger partial charge on any atom is 0.253 e. The van der Waals surface area contributed by atoms with Crippen LogP contribution in [0.5, 0.6) is 0 Å². The van der Waals surface area contributed by atoms with Crippen molar-refractivity contribution in [3.05, 3.63) is 47.7 Å². The Morgan fingerprint density at radius 3 is 2.44 bits per heavy atom. The number of pyridine rings is 1. The maximum atomic E-state index is 12.7. The molecule has 1 heterocycles. The zero-order valence-corrected chi connectivity index (χ0v) is 14.8. The third-order valence-electron chi connectivity index (χ3n) is 5.22. The summed E-state index contributed by atoms with van der Waals surface area (Å²) in [7, 11) is 1.81. The lowest BCUT2D eigenvalue weighted by molar-refractivity contribution is 0.0146. The highest BCUT2D eigenvalue weighted by molar-refractivity contribution is 5.94. The first kappa shape index (κ1) is 17.4. The molecule has 1 aliphatic rings. The topological polar surface area (TPSA) is 79.5 Å². The van der Waals surface area contributed by atoms with E-state index in [4.69, 9.17) is 5.73 Å². The highest BCUT2D eigenvalue weighted by Gasteiger charge is 2.38. The lowest BCUT2D eigenvalue weighted by Gasteiger charge is -2.42. The van der Waals surface area contributed by atoms with Gasteiger partial charge in [-0.2, -0.15) is 0 Å². The number of benzene rings is 1. The van der Waals surface area contributed by atoms with Crippen LogP contribution < -0.4 is 5.73 Å². The first-order valence-corrected chi connectivity index (χ1v) is 8.64. The van der Waals surface area contributed by atoms with E-state index in [9.17, 15) is 9.90 Å². The zero-order valence-electron chi connectivity index (χ0n) is 14.8. The van der Waals surface area contributed by atoms with Crippen molar-refractivity contribution >= 4 is 11.7 Å². The minimum absolute atomic E-state index is 0.0153. The van der Waals surface area contributed by atoms with Gasteiger partial charge in [-0.25, -0.2) is 4.98 Å². The Balaban J connectivity index is 1.74. The molecule has 5 nitrogen and oxygen atoms in total. The van der Waals surface area contributed by atoms with Gasteiger partial charge in [-0.15, -0.1) is 0 Å². The normalized spacial score (nSPS) is 15.5. The first-order valence-electron chi connectivity index (χ1n) is 8.64. The van der Waals surface area contributed by atoms with Gasteiger partial charge in [0.1, 0.15) is 5.82 Å². The van der Waals surface area contributed by atoms with Gasteiger partial charge in [0.15, 0.2) is 0 Å². The Kier molecular flexibility index (Phi) is 4.77. The molecule has 1 aromatic carbocycles. The Labute approximate surface area is 148 Å². The van der Waals surface area contributed by atoms with E-state index in [1.165, 1.54) is 0 Å². The molecule has 3 rings (SSSR count). The van der Waals surface area contributed by atoms with Crippen molar-refractivity contribution in [3.63, 3.8) is 0 Å². The van der Waals surface area contributed by atoms with E-state index in [0.717, 1.165) is 36.1 Å². The molecule has 0 bridgehead atoms. The van der Waals surface area contributed by atoms with Crippen molar-refractivity contribution in [2.75, 3.05) is 25.9 Å². The molecule has 0 aliphatic heterocycles. The SMILES string of the molecule is Cc1nc(N)ccc1-c1ccc(C(=O)N(C)CC2(CO)CCC2)cc1. The fourth-order valence-corrected chi connectivity index (χ4v) is 3.52. The predicted octanol–water partition coefficient (Wildman–Crippen LogP) is 2.87. The van der Waals surface area contributed by atoms with Gasteiger partial charge in [0, 0.05) is 35.8 Å². The molecular formula is C20H25N3O2. The Morgan fingerprint density at radius 1 is 1.24 bits per heavy atom. The molecule has 3 N–H and O–H groups in total. The van der Waals surface area contributed by atoms with Crippen LogP contribution in [-0.2, 0) is 0 Å². The van der Waals surface area contributed by atoms with Crippen molar-refractivity contribution < 1.29 is 9.90 Å². The molecule has 5 heteroatoms. The molecule has 0 radical (unpaired) electrons. The van der Waals surface area contributed by atoms with Gasteiger partial charge >= 0.3 is 0 Å². The second-order valence-electron chi connectivity index (χ2n) is 7.12. The number of aliphatic hydroxyl groups is 1. The highest BCUT2D eigenvalue weighted by atomic mass is 16.3. The van der Waals surface area contributed by atoms with Crippen molar-refractivity contribution in [2.45, 2.75) is 26.2 Å². The van der Waals surface area contributed by atoms with Gasteiger partial charge in [-0.3, -0.25) is 4.79 Å². The van der Waals surface area contributed by atoms with E-state index in [2.05, 4.69) is 4.98 Å². The summed E-state index contributed by atoms with van der Waals surface area (Å²) in [6.07, 6.45) is 3.11. The molecule has 1 fully saturated rings. The number of rotatable bonds is 5. The number of aryl methyl sites for hydroxylation is 1. The van der Waals surface area contributed by atoms with Gasteiger partial charge in [0.25, 0.3) is 5.91 Å². The van der Waals surface area contributed by atoms with E-state index < -0.39 is 0 Å². The summed E-state index contributed by atoms with van der Waals surface area (Å²) in [5.41, 5.74) is 9.14. The van der Waals surface area contributed by atoms with Crippen LogP contribution in [0.25, 0.3) is 11.1 Å². The molecular weight excluding hydrogens is 314 g/mol. The Morgan fingerprint density at radius 2 is 1.92 bits per heavy atom. The van der Waals surface area contributed by atoms with E-state index in [1.807, 2.05) is 37.3 Å². The summed E-state index contributed by atoms with van der Waals surface area (Å²) < 4.78 is 0. The van der Waals surface area contributed by atoms with E-state index in [0.29, 0.717) is 17.9 Å². The summed E-state index contributed by atoms with van der Waals surface area (Å²) in [5.74, 6) is 0.488. The molecule has 0 atom stereocenters. The molecule has 0 spiro atoms.